The first-order valence-electron chi connectivity index (χ1n) is 8.82. The van der Waals surface area contributed by atoms with Crippen LogP contribution in [0.2, 0.25) is 0 Å². The molecule has 0 saturated carbocycles. The van der Waals surface area contributed by atoms with E-state index in [4.69, 9.17) is 0 Å². The first kappa shape index (κ1) is 20.1. The zero-order valence-electron chi connectivity index (χ0n) is 15.1. The van der Waals surface area contributed by atoms with Gasteiger partial charge in [-0.1, -0.05) is 26.0 Å². The predicted molar refractivity (Wildman–Crippen MR) is 95.8 cm³/mol. The number of β-amino-alcohol motifs (C(OH)–C–C–N with tert-alkyl or cyclic N) is 1. The largest absolute Gasteiger partial charge is 0.391 e. The fourth-order valence-electron chi connectivity index (χ4n) is 2.78. The van der Waals surface area contributed by atoms with E-state index in [1.165, 1.54) is 12.1 Å². The van der Waals surface area contributed by atoms with Crippen LogP contribution >= 0.6 is 0 Å². The molecule has 1 aromatic carbocycles. The van der Waals surface area contributed by atoms with Crippen molar-refractivity contribution in [3.05, 3.63) is 35.6 Å². The zero-order chi connectivity index (χ0) is 19.1. The van der Waals surface area contributed by atoms with Gasteiger partial charge in [0.05, 0.1) is 6.10 Å². The highest BCUT2D eigenvalue weighted by Gasteiger charge is 2.28. The van der Waals surface area contributed by atoms with Gasteiger partial charge in [0.2, 0.25) is 5.91 Å². The van der Waals surface area contributed by atoms with Gasteiger partial charge in [-0.15, -0.1) is 0 Å². The van der Waals surface area contributed by atoms with E-state index in [1.54, 1.807) is 12.1 Å². The molecule has 1 aliphatic rings. The summed E-state index contributed by atoms with van der Waals surface area (Å²) in [6.45, 7) is 5.46. The lowest BCUT2D eigenvalue weighted by Crippen LogP contribution is -2.53. The Morgan fingerprint density at radius 3 is 2.50 bits per heavy atom. The van der Waals surface area contributed by atoms with Crippen LogP contribution < -0.4 is 21.3 Å². The molecule has 0 spiro atoms. The van der Waals surface area contributed by atoms with Crippen LogP contribution in [0, 0.1) is 17.7 Å². The number of aliphatic hydroxyl groups excluding tert-OH is 1. The third-order valence-electron chi connectivity index (χ3n) is 4.44. The van der Waals surface area contributed by atoms with Crippen molar-refractivity contribution in [1.82, 2.24) is 21.3 Å². The number of hydrogen-bond donors (Lipinski definition) is 5. The van der Waals surface area contributed by atoms with Gasteiger partial charge in [0, 0.05) is 32.1 Å². The first-order chi connectivity index (χ1) is 12.4. The van der Waals surface area contributed by atoms with Gasteiger partial charge >= 0.3 is 6.03 Å². The van der Waals surface area contributed by atoms with Gasteiger partial charge < -0.3 is 26.4 Å². The first-order valence-corrected chi connectivity index (χ1v) is 8.82. The number of carbonyl (C=O) groups is 2. The summed E-state index contributed by atoms with van der Waals surface area (Å²) < 4.78 is 12.9. The maximum Gasteiger partial charge on any atom is 0.315 e. The summed E-state index contributed by atoms with van der Waals surface area (Å²) in [5.41, 5.74) is 0.759. The highest BCUT2D eigenvalue weighted by Crippen LogP contribution is 2.08. The Balaban J connectivity index is 1.80. The minimum Gasteiger partial charge on any atom is -0.391 e. The summed E-state index contributed by atoms with van der Waals surface area (Å²) in [4.78, 5) is 24.5. The maximum atomic E-state index is 12.9. The van der Waals surface area contributed by atoms with Crippen molar-refractivity contribution < 1.29 is 19.1 Å². The van der Waals surface area contributed by atoms with E-state index in [0.717, 1.165) is 5.56 Å². The van der Waals surface area contributed by atoms with Crippen molar-refractivity contribution in [3.8, 4) is 0 Å². The molecule has 1 fully saturated rings. The van der Waals surface area contributed by atoms with Crippen LogP contribution in [0.4, 0.5) is 9.18 Å². The number of benzene rings is 1. The summed E-state index contributed by atoms with van der Waals surface area (Å²) >= 11 is 0. The van der Waals surface area contributed by atoms with Crippen molar-refractivity contribution >= 4 is 11.9 Å². The average Bonchev–Trinajstić information content (AvgIpc) is 3.01. The number of amides is 3. The molecule has 0 radical (unpaired) electrons. The highest BCUT2D eigenvalue weighted by molar-refractivity contribution is 5.87. The molecule has 7 nitrogen and oxygen atoms in total. The van der Waals surface area contributed by atoms with Crippen LogP contribution in [0.1, 0.15) is 19.4 Å². The van der Waals surface area contributed by atoms with Gasteiger partial charge in [-0.05, 0) is 23.6 Å². The molecular formula is C18H27FN4O3. The van der Waals surface area contributed by atoms with E-state index < -0.39 is 18.2 Å². The summed E-state index contributed by atoms with van der Waals surface area (Å²) in [5, 5.41) is 21.0. The molecule has 3 atom stereocenters. The summed E-state index contributed by atoms with van der Waals surface area (Å²) in [6.07, 6.45) is -0.472. The molecule has 3 unspecified atom stereocenters. The number of halogens is 1. The van der Waals surface area contributed by atoms with Gasteiger partial charge in [-0.2, -0.15) is 0 Å². The summed E-state index contributed by atoms with van der Waals surface area (Å²) in [6, 6.07) is 4.67. The molecule has 26 heavy (non-hydrogen) atoms. The number of aliphatic hydroxyl groups is 1. The zero-order valence-corrected chi connectivity index (χ0v) is 15.1. The third kappa shape index (κ3) is 5.96. The third-order valence-corrected chi connectivity index (χ3v) is 4.44. The Labute approximate surface area is 152 Å². The van der Waals surface area contributed by atoms with Crippen LogP contribution in [0.25, 0.3) is 0 Å². The lowest BCUT2D eigenvalue weighted by Gasteiger charge is -2.23. The van der Waals surface area contributed by atoms with Gasteiger partial charge in [-0.25, -0.2) is 9.18 Å². The Bertz CT molecular complexity index is 609. The fraction of sp³-hybridized carbons (Fsp3) is 0.556. The maximum absolute atomic E-state index is 12.9. The van der Waals surface area contributed by atoms with Crippen LogP contribution in [0.3, 0.4) is 0 Å². The Kier molecular flexibility index (Phi) is 7.35. The quantitative estimate of drug-likeness (QED) is 0.480. The van der Waals surface area contributed by atoms with Gasteiger partial charge in [0.15, 0.2) is 0 Å². The molecule has 0 bridgehead atoms. The Morgan fingerprint density at radius 1 is 1.23 bits per heavy atom. The van der Waals surface area contributed by atoms with Crippen molar-refractivity contribution in [3.63, 3.8) is 0 Å². The van der Waals surface area contributed by atoms with Gasteiger partial charge in [0.1, 0.15) is 11.9 Å². The van der Waals surface area contributed by atoms with E-state index in [1.807, 2.05) is 13.8 Å². The molecule has 0 aromatic heterocycles. The molecule has 1 aromatic rings. The van der Waals surface area contributed by atoms with Gasteiger partial charge in [-0.3, -0.25) is 4.79 Å². The fourth-order valence-corrected chi connectivity index (χ4v) is 2.78. The second-order valence-corrected chi connectivity index (χ2v) is 6.91. The van der Waals surface area contributed by atoms with Gasteiger partial charge in [0.25, 0.3) is 0 Å². The van der Waals surface area contributed by atoms with E-state index in [9.17, 15) is 19.1 Å². The van der Waals surface area contributed by atoms with E-state index in [2.05, 4.69) is 21.3 Å². The Morgan fingerprint density at radius 2 is 1.92 bits per heavy atom. The minimum absolute atomic E-state index is 0.0286. The molecule has 1 heterocycles. The molecule has 8 heteroatoms. The van der Waals surface area contributed by atoms with Crippen molar-refractivity contribution in [2.45, 2.75) is 32.5 Å². The second kappa shape index (κ2) is 9.49. The predicted octanol–water partition coefficient (Wildman–Crippen LogP) is 0.346. The minimum atomic E-state index is -0.685. The molecule has 5 N–H and O–H groups in total. The molecule has 144 valence electrons. The molecule has 3 amide bonds. The number of carbonyl (C=O) groups excluding carboxylic acids is 2. The topological polar surface area (TPSA) is 102 Å². The molecule has 0 aliphatic carbocycles. The van der Waals surface area contributed by atoms with E-state index in [-0.39, 0.29) is 30.1 Å². The van der Waals surface area contributed by atoms with Crippen LogP contribution in [0.5, 0.6) is 0 Å². The number of hydrogen-bond acceptors (Lipinski definition) is 4. The lowest BCUT2D eigenvalue weighted by molar-refractivity contribution is -0.124. The number of rotatable bonds is 7. The highest BCUT2D eigenvalue weighted by atomic mass is 19.1. The molecular weight excluding hydrogens is 339 g/mol. The molecule has 1 aliphatic heterocycles. The van der Waals surface area contributed by atoms with E-state index >= 15 is 0 Å². The SMILES string of the molecule is CC(C)C(NC(=O)NCc1ccc(F)cc1)C(=O)NCC1CNCC1O. The number of urea groups is 1. The average molecular weight is 366 g/mol. The van der Waals surface area contributed by atoms with Crippen LogP contribution in [-0.2, 0) is 11.3 Å². The van der Waals surface area contributed by atoms with E-state index in [0.29, 0.717) is 19.6 Å². The van der Waals surface area contributed by atoms with Crippen LogP contribution in [-0.4, -0.2) is 48.8 Å². The van der Waals surface area contributed by atoms with Crippen molar-refractivity contribution in [2.24, 2.45) is 11.8 Å². The second-order valence-electron chi connectivity index (χ2n) is 6.91. The standard InChI is InChI=1S/C18H27FN4O3/c1-11(2)16(17(25)21-9-13-8-20-10-15(13)24)23-18(26)22-7-12-3-5-14(19)6-4-12/h3-6,11,13,15-16,20,24H,7-10H2,1-2H3,(H,21,25)(H2,22,23,26). The summed E-state index contributed by atoms with van der Waals surface area (Å²) in [7, 11) is 0. The van der Waals surface area contributed by atoms with Crippen molar-refractivity contribution in [2.75, 3.05) is 19.6 Å². The smallest absolute Gasteiger partial charge is 0.315 e. The monoisotopic (exact) mass is 366 g/mol. The number of nitrogens with one attached hydrogen (secondary N) is 4. The van der Waals surface area contributed by atoms with Crippen LogP contribution in [0.15, 0.2) is 24.3 Å². The Hall–Kier alpha value is -2.19. The summed E-state index contributed by atoms with van der Waals surface area (Å²) in [5.74, 6) is -0.745. The molecule has 2 rings (SSSR count). The van der Waals surface area contributed by atoms with Crippen molar-refractivity contribution in [1.29, 1.82) is 0 Å². The lowest BCUT2D eigenvalue weighted by atomic mass is 10.0. The molecule has 1 saturated heterocycles. The normalized spacial score (nSPS) is 20.7.